The highest BCUT2D eigenvalue weighted by Crippen LogP contribution is 2.18. The van der Waals surface area contributed by atoms with Crippen molar-refractivity contribution in [2.75, 3.05) is 31.1 Å². The zero-order chi connectivity index (χ0) is 20.1. The van der Waals surface area contributed by atoms with E-state index in [0.717, 1.165) is 24.3 Å². The van der Waals surface area contributed by atoms with Crippen molar-refractivity contribution in [1.82, 2.24) is 4.90 Å². The first-order valence-electron chi connectivity index (χ1n) is 9.67. The van der Waals surface area contributed by atoms with Crippen LogP contribution in [-0.2, 0) is 4.79 Å². The average molecular weight is 378 g/mol. The zero-order valence-corrected chi connectivity index (χ0v) is 16.5. The van der Waals surface area contributed by atoms with Crippen LogP contribution >= 0.6 is 0 Å². The number of hydrogen-bond acceptors (Lipinski definition) is 4. The number of hydrogen-bond donors (Lipinski definition) is 0. The van der Waals surface area contributed by atoms with Gasteiger partial charge in [0.1, 0.15) is 0 Å². The number of rotatable bonds is 6. The Morgan fingerprint density at radius 1 is 0.786 bits per heavy atom. The first-order chi connectivity index (χ1) is 13.4. The molecule has 2 aromatic rings. The van der Waals surface area contributed by atoms with Crippen molar-refractivity contribution in [3.63, 3.8) is 0 Å². The highest BCUT2D eigenvalue weighted by molar-refractivity contribution is 5.98. The van der Waals surface area contributed by atoms with Crippen LogP contribution in [0.2, 0.25) is 0 Å². The van der Waals surface area contributed by atoms with E-state index in [1.165, 1.54) is 0 Å². The zero-order valence-electron chi connectivity index (χ0n) is 16.5. The van der Waals surface area contributed by atoms with Crippen LogP contribution in [0.1, 0.15) is 46.0 Å². The number of carbonyl (C=O) groups is 3. The lowest BCUT2D eigenvalue weighted by atomic mass is 10.0. The molecule has 1 heterocycles. The molecule has 3 rings (SSSR count). The van der Waals surface area contributed by atoms with Gasteiger partial charge < -0.3 is 9.80 Å². The quantitative estimate of drug-likeness (QED) is 0.722. The third-order valence-electron chi connectivity index (χ3n) is 5.21. The van der Waals surface area contributed by atoms with Crippen molar-refractivity contribution >= 4 is 23.2 Å². The van der Waals surface area contributed by atoms with Gasteiger partial charge in [-0.1, -0.05) is 29.8 Å². The van der Waals surface area contributed by atoms with E-state index in [1.807, 2.05) is 60.4 Å². The molecule has 5 heteroatoms. The molecule has 0 radical (unpaired) electrons. The second kappa shape index (κ2) is 8.83. The van der Waals surface area contributed by atoms with E-state index in [4.69, 9.17) is 0 Å². The van der Waals surface area contributed by atoms with Crippen LogP contribution in [0.25, 0.3) is 0 Å². The molecule has 0 aliphatic carbocycles. The molecule has 1 aliphatic heterocycles. The standard InChI is InChI=1S/C23H26N2O3/c1-17-3-5-20(6-4-17)22(27)11-12-23(28)25-15-13-24(14-16-25)21-9-7-19(8-10-21)18(2)26/h3-10H,11-16H2,1-2H3. The Labute approximate surface area is 166 Å². The Balaban J connectivity index is 1.47. The molecule has 0 atom stereocenters. The Morgan fingerprint density at radius 2 is 1.36 bits per heavy atom. The van der Waals surface area contributed by atoms with Gasteiger partial charge >= 0.3 is 0 Å². The number of piperazine rings is 1. The van der Waals surface area contributed by atoms with E-state index >= 15 is 0 Å². The molecule has 28 heavy (non-hydrogen) atoms. The second-order valence-electron chi connectivity index (χ2n) is 7.26. The summed E-state index contributed by atoms with van der Waals surface area (Å²) >= 11 is 0. The highest BCUT2D eigenvalue weighted by Gasteiger charge is 2.22. The van der Waals surface area contributed by atoms with Gasteiger partial charge in [-0.3, -0.25) is 14.4 Å². The first-order valence-corrected chi connectivity index (χ1v) is 9.67. The van der Waals surface area contributed by atoms with Crippen LogP contribution in [0, 0.1) is 6.92 Å². The van der Waals surface area contributed by atoms with E-state index in [2.05, 4.69) is 4.90 Å². The highest BCUT2D eigenvalue weighted by atomic mass is 16.2. The number of carbonyl (C=O) groups excluding carboxylic acids is 3. The molecule has 1 saturated heterocycles. The fraction of sp³-hybridized carbons (Fsp3) is 0.348. The van der Waals surface area contributed by atoms with Gasteiger partial charge in [-0.2, -0.15) is 0 Å². The van der Waals surface area contributed by atoms with Crippen molar-refractivity contribution in [2.45, 2.75) is 26.7 Å². The number of ketones is 2. The van der Waals surface area contributed by atoms with E-state index in [0.29, 0.717) is 24.2 Å². The van der Waals surface area contributed by atoms with E-state index in [9.17, 15) is 14.4 Å². The summed E-state index contributed by atoms with van der Waals surface area (Å²) in [5, 5.41) is 0. The normalized spacial score (nSPS) is 14.1. The summed E-state index contributed by atoms with van der Waals surface area (Å²) in [4.78, 5) is 40.2. The molecule has 0 aromatic heterocycles. The van der Waals surface area contributed by atoms with Gasteiger partial charge in [0.2, 0.25) is 5.91 Å². The van der Waals surface area contributed by atoms with E-state index < -0.39 is 0 Å². The Bertz CT molecular complexity index is 848. The van der Waals surface area contributed by atoms with Crippen LogP contribution in [0.5, 0.6) is 0 Å². The van der Waals surface area contributed by atoms with Gasteiger partial charge in [-0.25, -0.2) is 0 Å². The third kappa shape index (κ3) is 4.85. The molecule has 0 unspecified atom stereocenters. The first kappa shape index (κ1) is 19.8. The molecule has 1 amide bonds. The van der Waals surface area contributed by atoms with Crippen LogP contribution in [-0.4, -0.2) is 48.6 Å². The van der Waals surface area contributed by atoms with Crippen molar-refractivity contribution in [1.29, 1.82) is 0 Å². The molecular formula is C23H26N2O3. The number of nitrogens with zero attached hydrogens (tertiary/aromatic N) is 2. The largest absolute Gasteiger partial charge is 0.368 e. The summed E-state index contributed by atoms with van der Waals surface area (Å²) in [5.41, 5.74) is 3.54. The topological polar surface area (TPSA) is 57.7 Å². The average Bonchev–Trinajstić information content (AvgIpc) is 2.72. The van der Waals surface area contributed by atoms with Crippen molar-refractivity contribution in [2.24, 2.45) is 0 Å². The summed E-state index contributed by atoms with van der Waals surface area (Å²) in [6.45, 7) is 6.32. The summed E-state index contributed by atoms with van der Waals surface area (Å²) in [5.74, 6) is 0.103. The minimum Gasteiger partial charge on any atom is -0.368 e. The fourth-order valence-electron chi connectivity index (χ4n) is 3.38. The lowest BCUT2D eigenvalue weighted by molar-refractivity contribution is -0.131. The Morgan fingerprint density at radius 3 is 1.93 bits per heavy atom. The van der Waals surface area contributed by atoms with Gasteiger partial charge in [-0.15, -0.1) is 0 Å². The Kier molecular flexibility index (Phi) is 6.24. The molecule has 0 saturated carbocycles. The van der Waals surface area contributed by atoms with Crippen LogP contribution < -0.4 is 4.90 Å². The minimum absolute atomic E-state index is 0.0116. The van der Waals surface area contributed by atoms with Gasteiger partial charge in [0.25, 0.3) is 0 Å². The molecule has 5 nitrogen and oxygen atoms in total. The van der Waals surface area contributed by atoms with Crippen molar-refractivity contribution < 1.29 is 14.4 Å². The predicted molar refractivity (Wildman–Crippen MR) is 110 cm³/mol. The smallest absolute Gasteiger partial charge is 0.223 e. The van der Waals surface area contributed by atoms with Crippen LogP contribution in [0.15, 0.2) is 48.5 Å². The summed E-state index contributed by atoms with van der Waals surface area (Å²) in [6.07, 6.45) is 0.495. The monoisotopic (exact) mass is 378 g/mol. The lowest BCUT2D eigenvalue weighted by Gasteiger charge is -2.36. The molecule has 1 aliphatic rings. The van der Waals surface area contributed by atoms with Crippen molar-refractivity contribution in [3.05, 3.63) is 65.2 Å². The third-order valence-corrected chi connectivity index (χ3v) is 5.21. The van der Waals surface area contributed by atoms with Crippen molar-refractivity contribution in [3.8, 4) is 0 Å². The van der Waals surface area contributed by atoms with Gasteiger partial charge in [0, 0.05) is 55.8 Å². The van der Waals surface area contributed by atoms with Gasteiger partial charge in [-0.05, 0) is 38.1 Å². The molecule has 146 valence electrons. The van der Waals surface area contributed by atoms with Crippen LogP contribution in [0.3, 0.4) is 0 Å². The van der Waals surface area contributed by atoms with Crippen LogP contribution in [0.4, 0.5) is 5.69 Å². The summed E-state index contributed by atoms with van der Waals surface area (Å²) in [6, 6.07) is 15.0. The minimum atomic E-state index is 0.0116. The number of aryl methyl sites for hydroxylation is 1. The second-order valence-corrected chi connectivity index (χ2v) is 7.26. The maximum Gasteiger partial charge on any atom is 0.223 e. The maximum atomic E-state index is 12.5. The maximum absolute atomic E-state index is 12.5. The molecular weight excluding hydrogens is 352 g/mol. The molecule has 0 N–H and O–H groups in total. The molecule has 2 aromatic carbocycles. The lowest BCUT2D eigenvalue weighted by Crippen LogP contribution is -2.48. The molecule has 1 fully saturated rings. The SMILES string of the molecule is CC(=O)c1ccc(N2CCN(C(=O)CCC(=O)c3ccc(C)cc3)CC2)cc1. The van der Waals surface area contributed by atoms with E-state index in [-0.39, 0.29) is 30.3 Å². The number of amides is 1. The number of Topliss-reactive ketones (excluding diaryl/α,β-unsaturated/α-hetero) is 2. The van der Waals surface area contributed by atoms with Gasteiger partial charge in [0.15, 0.2) is 11.6 Å². The van der Waals surface area contributed by atoms with Gasteiger partial charge in [0.05, 0.1) is 0 Å². The number of benzene rings is 2. The predicted octanol–water partition coefficient (Wildman–Crippen LogP) is 3.51. The number of anilines is 1. The summed E-state index contributed by atoms with van der Waals surface area (Å²) in [7, 11) is 0. The fourth-order valence-corrected chi connectivity index (χ4v) is 3.38. The summed E-state index contributed by atoms with van der Waals surface area (Å²) < 4.78 is 0. The molecule has 0 bridgehead atoms. The molecule has 0 spiro atoms. The Hall–Kier alpha value is -2.95. The van der Waals surface area contributed by atoms with E-state index in [1.54, 1.807) is 6.92 Å².